The molecular formula is C25H36N8O2. The summed E-state index contributed by atoms with van der Waals surface area (Å²) in [5.74, 6) is -0.639. The number of nitrogens with zero attached hydrogens (tertiary/aromatic N) is 3. The number of guanidine groups is 1. The van der Waals surface area contributed by atoms with Gasteiger partial charge in [-0.25, -0.2) is 9.97 Å². The lowest BCUT2D eigenvalue weighted by Gasteiger charge is -2.23. The molecule has 0 spiro atoms. The monoisotopic (exact) mass is 480 g/mol. The summed E-state index contributed by atoms with van der Waals surface area (Å²) in [7, 11) is 0. The lowest BCUT2D eigenvalue weighted by Crippen LogP contribution is -2.38. The van der Waals surface area contributed by atoms with E-state index in [0.717, 1.165) is 32.1 Å². The van der Waals surface area contributed by atoms with Crippen molar-refractivity contribution in [2.75, 3.05) is 18.0 Å². The van der Waals surface area contributed by atoms with Crippen LogP contribution in [0.25, 0.3) is 0 Å². The molecule has 0 atom stereocenters. The molecule has 35 heavy (non-hydrogen) atoms. The van der Waals surface area contributed by atoms with Crippen molar-refractivity contribution in [3.05, 3.63) is 45.8 Å². The number of carbonyl (C=O) groups is 2. The van der Waals surface area contributed by atoms with Crippen molar-refractivity contribution in [1.82, 2.24) is 15.3 Å². The Labute approximate surface area is 206 Å². The Bertz CT molecular complexity index is 1110. The molecule has 1 aliphatic rings. The summed E-state index contributed by atoms with van der Waals surface area (Å²) in [4.78, 5) is 36.1. The molecule has 1 aromatic heterocycles. The van der Waals surface area contributed by atoms with Gasteiger partial charge in [0.1, 0.15) is 5.82 Å². The molecule has 0 saturated heterocycles. The zero-order chi connectivity index (χ0) is 25.4. The number of carbonyl (C=O) groups excluding carboxylic acids is 2. The Morgan fingerprint density at radius 1 is 0.971 bits per heavy atom. The van der Waals surface area contributed by atoms with E-state index < -0.39 is 5.91 Å². The van der Waals surface area contributed by atoms with Crippen molar-refractivity contribution in [1.29, 1.82) is 0 Å². The molecule has 2 amide bonds. The number of aromatic nitrogens is 2. The summed E-state index contributed by atoms with van der Waals surface area (Å²) in [6, 6.07) is 4.35. The van der Waals surface area contributed by atoms with Gasteiger partial charge in [-0.05, 0) is 80.0 Å². The van der Waals surface area contributed by atoms with Gasteiger partial charge in [-0.3, -0.25) is 19.9 Å². The van der Waals surface area contributed by atoms with E-state index in [1.54, 1.807) is 0 Å². The first-order chi connectivity index (χ1) is 16.8. The number of primary amides is 1. The molecule has 3 rings (SSSR count). The van der Waals surface area contributed by atoms with Gasteiger partial charge in [0.05, 0.1) is 5.69 Å². The predicted octanol–water partition coefficient (Wildman–Crippen LogP) is 1.57. The molecule has 10 nitrogen and oxygen atoms in total. The van der Waals surface area contributed by atoms with Gasteiger partial charge < -0.3 is 22.9 Å². The molecule has 1 aliphatic carbocycles. The molecule has 0 bridgehead atoms. The fourth-order valence-corrected chi connectivity index (χ4v) is 4.51. The molecular weight excluding hydrogens is 444 g/mol. The number of aryl methyl sites for hydroxylation is 3. The van der Waals surface area contributed by atoms with E-state index in [1.807, 2.05) is 6.92 Å². The molecule has 0 fully saturated rings. The average molecular weight is 481 g/mol. The number of hydrogen-bond donors (Lipinski definition) is 5. The Balaban J connectivity index is 1.52. The SMILES string of the molecule is CCc1nc(C(=O)NC(N)=NCCCCc2ccc(CCC(N)=O)c3c2CCCC3)c(N)nc1N. The topological polar surface area (TPSA) is 188 Å². The Morgan fingerprint density at radius 3 is 2.26 bits per heavy atom. The number of anilines is 2. The van der Waals surface area contributed by atoms with Crippen LogP contribution >= 0.6 is 0 Å². The number of benzene rings is 1. The minimum Gasteiger partial charge on any atom is -0.382 e. The maximum Gasteiger partial charge on any atom is 0.280 e. The van der Waals surface area contributed by atoms with E-state index in [4.69, 9.17) is 22.9 Å². The highest BCUT2D eigenvalue weighted by atomic mass is 16.2. The number of fused-ring (bicyclic) bond motifs is 1. The van der Waals surface area contributed by atoms with Crippen LogP contribution in [0.2, 0.25) is 0 Å². The van der Waals surface area contributed by atoms with Gasteiger partial charge in [0, 0.05) is 13.0 Å². The molecule has 10 heteroatoms. The third-order valence-corrected chi connectivity index (χ3v) is 6.32. The Morgan fingerprint density at radius 2 is 1.63 bits per heavy atom. The Kier molecular flexibility index (Phi) is 8.99. The molecule has 0 unspecified atom stereocenters. The standard InChI is InChI=1S/C25H36N8O2/c1-2-19-22(27)32-23(28)21(31-19)24(35)33-25(29)30-14-6-5-7-15-10-11-16(12-13-20(26)34)18-9-4-3-8-17(15)18/h10-11H,2-9,12-14H2,1H3,(H2,26,34)(H4,27,28,32)(H3,29,30,33,35). The quantitative estimate of drug-likeness (QED) is 0.194. The highest BCUT2D eigenvalue weighted by molar-refractivity contribution is 6.06. The second-order valence-electron chi connectivity index (χ2n) is 8.84. The summed E-state index contributed by atoms with van der Waals surface area (Å²) < 4.78 is 0. The minimum absolute atomic E-state index is 0.0155. The molecule has 1 aromatic carbocycles. The van der Waals surface area contributed by atoms with E-state index in [-0.39, 0.29) is 29.2 Å². The first-order valence-corrected chi connectivity index (χ1v) is 12.2. The van der Waals surface area contributed by atoms with Crippen LogP contribution in [0.3, 0.4) is 0 Å². The van der Waals surface area contributed by atoms with Crippen LogP contribution in [0.4, 0.5) is 11.6 Å². The first kappa shape index (κ1) is 25.9. The normalized spacial score (nSPS) is 13.3. The van der Waals surface area contributed by atoms with Gasteiger partial charge in [0.2, 0.25) is 5.91 Å². The summed E-state index contributed by atoms with van der Waals surface area (Å²) in [6.45, 7) is 2.36. The van der Waals surface area contributed by atoms with Crippen molar-refractivity contribution in [2.45, 2.75) is 71.1 Å². The number of amides is 2. The lowest BCUT2D eigenvalue weighted by molar-refractivity contribution is -0.118. The third-order valence-electron chi connectivity index (χ3n) is 6.32. The van der Waals surface area contributed by atoms with Gasteiger partial charge in [0.25, 0.3) is 5.91 Å². The number of nitrogen functional groups attached to an aromatic ring is 2. The van der Waals surface area contributed by atoms with Crippen LogP contribution in [-0.2, 0) is 36.9 Å². The van der Waals surface area contributed by atoms with Crippen molar-refractivity contribution in [2.24, 2.45) is 16.5 Å². The third kappa shape index (κ3) is 6.91. The number of rotatable bonds is 10. The lowest BCUT2D eigenvalue weighted by atomic mass is 9.83. The number of nitrogens with two attached hydrogens (primary N) is 4. The van der Waals surface area contributed by atoms with Crippen molar-refractivity contribution < 1.29 is 9.59 Å². The molecule has 2 aromatic rings. The van der Waals surface area contributed by atoms with Crippen molar-refractivity contribution in [3.63, 3.8) is 0 Å². The van der Waals surface area contributed by atoms with Crippen LogP contribution in [0.15, 0.2) is 17.1 Å². The van der Waals surface area contributed by atoms with Crippen molar-refractivity contribution in [3.8, 4) is 0 Å². The second-order valence-corrected chi connectivity index (χ2v) is 8.84. The molecule has 188 valence electrons. The van der Waals surface area contributed by atoms with Gasteiger partial charge >= 0.3 is 0 Å². The van der Waals surface area contributed by atoms with E-state index in [9.17, 15) is 9.59 Å². The molecule has 0 saturated carbocycles. The van der Waals surface area contributed by atoms with E-state index >= 15 is 0 Å². The summed E-state index contributed by atoms with van der Waals surface area (Å²) in [6.07, 6.45) is 8.91. The summed E-state index contributed by atoms with van der Waals surface area (Å²) in [5, 5.41) is 2.52. The van der Waals surface area contributed by atoms with Crippen LogP contribution in [0.1, 0.15) is 77.5 Å². The number of unbranched alkanes of at least 4 members (excludes halogenated alkanes) is 1. The fourth-order valence-electron chi connectivity index (χ4n) is 4.51. The van der Waals surface area contributed by atoms with Gasteiger partial charge in [-0.2, -0.15) is 0 Å². The van der Waals surface area contributed by atoms with Gasteiger partial charge in [-0.1, -0.05) is 19.1 Å². The zero-order valence-electron chi connectivity index (χ0n) is 20.4. The zero-order valence-corrected chi connectivity index (χ0v) is 20.4. The molecule has 0 radical (unpaired) electrons. The average Bonchev–Trinajstić information content (AvgIpc) is 2.83. The van der Waals surface area contributed by atoms with Crippen LogP contribution in [-0.4, -0.2) is 34.3 Å². The minimum atomic E-state index is -0.561. The predicted molar refractivity (Wildman–Crippen MR) is 138 cm³/mol. The number of nitrogens with one attached hydrogen (secondary N) is 1. The van der Waals surface area contributed by atoms with Crippen LogP contribution < -0.4 is 28.3 Å². The van der Waals surface area contributed by atoms with Gasteiger partial charge in [0.15, 0.2) is 17.5 Å². The maximum absolute atomic E-state index is 12.5. The van der Waals surface area contributed by atoms with E-state index in [0.29, 0.717) is 31.5 Å². The number of hydrogen-bond acceptors (Lipinski definition) is 7. The Hall–Kier alpha value is -3.69. The highest BCUT2D eigenvalue weighted by Gasteiger charge is 2.18. The highest BCUT2D eigenvalue weighted by Crippen LogP contribution is 2.29. The van der Waals surface area contributed by atoms with E-state index in [2.05, 4.69) is 32.4 Å². The smallest absolute Gasteiger partial charge is 0.280 e. The van der Waals surface area contributed by atoms with Crippen molar-refractivity contribution >= 4 is 29.4 Å². The van der Waals surface area contributed by atoms with Crippen LogP contribution in [0.5, 0.6) is 0 Å². The fraction of sp³-hybridized carbons (Fsp3) is 0.480. The van der Waals surface area contributed by atoms with Gasteiger partial charge in [-0.15, -0.1) is 0 Å². The number of aliphatic imine (C=N–C) groups is 1. The van der Waals surface area contributed by atoms with E-state index in [1.165, 1.54) is 35.1 Å². The molecule has 1 heterocycles. The second kappa shape index (κ2) is 12.1. The molecule has 9 N–H and O–H groups in total. The summed E-state index contributed by atoms with van der Waals surface area (Å²) in [5.41, 5.74) is 28.8. The molecule has 0 aliphatic heterocycles. The summed E-state index contributed by atoms with van der Waals surface area (Å²) >= 11 is 0. The maximum atomic E-state index is 12.5. The van der Waals surface area contributed by atoms with Crippen LogP contribution in [0, 0.1) is 0 Å². The first-order valence-electron chi connectivity index (χ1n) is 12.2. The largest absolute Gasteiger partial charge is 0.382 e.